The molecule has 0 saturated carbocycles. The lowest BCUT2D eigenvalue weighted by Gasteiger charge is -2.28. The Morgan fingerprint density at radius 3 is 2.57 bits per heavy atom. The van der Waals surface area contributed by atoms with Crippen LogP contribution in [-0.4, -0.2) is 43.3 Å². The van der Waals surface area contributed by atoms with Gasteiger partial charge in [0.1, 0.15) is 5.75 Å². The highest BCUT2D eigenvalue weighted by Gasteiger charge is 2.30. The summed E-state index contributed by atoms with van der Waals surface area (Å²) in [5.74, 6) is -0.879. The summed E-state index contributed by atoms with van der Waals surface area (Å²) in [5, 5.41) is 11.7. The van der Waals surface area contributed by atoms with Crippen molar-refractivity contribution in [2.24, 2.45) is 0 Å². The minimum absolute atomic E-state index is 0.0899. The molecule has 21 heavy (non-hydrogen) atoms. The lowest BCUT2D eigenvalue weighted by molar-refractivity contribution is -0.139. The lowest BCUT2D eigenvalue weighted by atomic mass is 9.98. The van der Waals surface area contributed by atoms with Gasteiger partial charge in [-0.05, 0) is 41.1 Å². The van der Waals surface area contributed by atoms with Crippen molar-refractivity contribution in [2.75, 3.05) is 20.8 Å². The number of hydrogen-bond donors (Lipinski definition) is 2. The summed E-state index contributed by atoms with van der Waals surface area (Å²) in [6.45, 7) is 1.71. The third-order valence-electron chi connectivity index (χ3n) is 2.84. The molecule has 6 nitrogen and oxygen atoms in total. The van der Waals surface area contributed by atoms with Gasteiger partial charge in [-0.15, -0.1) is 0 Å². The zero-order valence-corrected chi connectivity index (χ0v) is 13.7. The Morgan fingerprint density at radius 1 is 1.38 bits per heavy atom. The molecule has 0 aliphatic rings. The second-order valence-electron chi connectivity index (χ2n) is 4.86. The van der Waals surface area contributed by atoms with E-state index in [9.17, 15) is 9.59 Å². The zero-order chi connectivity index (χ0) is 16.0. The number of rotatable bonds is 7. The van der Waals surface area contributed by atoms with Gasteiger partial charge in [0.15, 0.2) is 0 Å². The lowest BCUT2D eigenvalue weighted by Crippen LogP contribution is -2.50. The normalized spacial score (nSPS) is 13.3. The maximum absolute atomic E-state index is 12.4. The SMILES string of the molecule is COCC(C)(CC(=O)O)NC(=O)c1cc(OC)ccc1Br. The summed E-state index contributed by atoms with van der Waals surface area (Å²) in [6, 6.07) is 4.98. The van der Waals surface area contributed by atoms with Crippen LogP contribution < -0.4 is 10.1 Å². The summed E-state index contributed by atoms with van der Waals surface area (Å²) in [6.07, 6.45) is -0.242. The number of halogens is 1. The van der Waals surface area contributed by atoms with Crippen LogP contribution in [0.1, 0.15) is 23.7 Å². The molecule has 116 valence electrons. The molecule has 0 saturated heterocycles. The molecule has 7 heteroatoms. The van der Waals surface area contributed by atoms with E-state index in [0.717, 1.165) is 0 Å². The molecule has 1 amide bonds. The molecule has 0 aliphatic carbocycles. The van der Waals surface area contributed by atoms with Crippen LogP contribution in [0.25, 0.3) is 0 Å². The number of carbonyl (C=O) groups is 2. The van der Waals surface area contributed by atoms with Crippen molar-refractivity contribution < 1.29 is 24.2 Å². The van der Waals surface area contributed by atoms with E-state index in [1.165, 1.54) is 14.2 Å². The molecule has 0 aliphatic heterocycles. The molecule has 1 atom stereocenters. The Bertz CT molecular complexity index is 534. The molecular weight excluding hydrogens is 342 g/mol. The fraction of sp³-hybridized carbons (Fsp3) is 0.429. The second kappa shape index (κ2) is 7.42. The number of carboxylic acids is 1. The summed E-state index contributed by atoms with van der Waals surface area (Å²) in [7, 11) is 2.96. The number of aliphatic carboxylic acids is 1. The van der Waals surface area contributed by atoms with Crippen LogP contribution in [0.4, 0.5) is 0 Å². The summed E-state index contributed by atoms with van der Waals surface area (Å²) >= 11 is 3.29. The van der Waals surface area contributed by atoms with E-state index in [0.29, 0.717) is 15.8 Å². The first kappa shape index (κ1) is 17.5. The average Bonchev–Trinajstić information content (AvgIpc) is 2.38. The first-order valence-electron chi connectivity index (χ1n) is 6.18. The van der Waals surface area contributed by atoms with Gasteiger partial charge in [-0.25, -0.2) is 0 Å². The van der Waals surface area contributed by atoms with Crippen LogP contribution in [0.15, 0.2) is 22.7 Å². The number of benzene rings is 1. The molecule has 0 spiro atoms. The van der Waals surface area contributed by atoms with Crippen molar-refractivity contribution in [2.45, 2.75) is 18.9 Å². The molecule has 0 aromatic heterocycles. The Kier molecular flexibility index (Phi) is 6.17. The Hall–Kier alpha value is -1.60. The van der Waals surface area contributed by atoms with Crippen LogP contribution in [0.2, 0.25) is 0 Å². The molecular formula is C14H18BrNO5. The number of hydrogen-bond acceptors (Lipinski definition) is 4. The Labute approximate surface area is 131 Å². The van der Waals surface area contributed by atoms with E-state index >= 15 is 0 Å². The molecule has 1 aromatic carbocycles. The van der Waals surface area contributed by atoms with Crippen molar-refractivity contribution >= 4 is 27.8 Å². The van der Waals surface area contributed by atoms with Gasteiger partial charge in [0, 0.05) is 11.6 Å². The Balaban J connectivity index is 2.99. The van der Waals surface area contributed by atoms with E-state index in [1.54, 1.807) is 25.1 Å². The first-order valence-corrected chi connectivity index (χ1v) is 6.97. The number of amides is 1. The maximum atomic E-state index is 12.4. The molecule has 1 rings (SSSR count). The number of carbonyl (C=O) groups excluding carboxylic acids is 1. The number of methoxy groups -OCH3 is 2. The fourth-order valence-electron chi connectivity index (χ4n) is 1.93. The first-order chi connectivity index (χ1) is 9.81. The van der Waals surface area contributed by atoms with Crippen molar-refractivity contribution in [1.82, 2.24) is 5.32 Å². The average molecular weight is 360 g/mol. The number of ether oxygens (including phenoxy) is 2. The van der Waals surface area contributed by atoms with Crippen LogP contribution in [0.3, 0.4) is 0 Å². The fourth-order valence-corrected chi connectivity index (χ4v) is 2.36. The van der Waals surface area contributed by atoms with Gasteiger partial charge in [-0.3, -0.25) is 9.59 Å². The highest BCUT2D eigenvalue weighted by molar-refractivity contribution is 9.10. The van der Waals surface area contributed by atoms with E-state index in [4.69, 9.17) is 14.6 Å². The largest absolute Gasteiger partial charge is 0.497 e. The van der Waals surface area contributed by atoms with Gasteiger partial charge < -0.3 is 19.9 Å². The van der Waals surface area contributed by atoms with Gasteiger partial charge in [0.05, 0.1) is 31.2 Å². The third kappa shape index (κ3) is 5.02. The van der Waals surface area contributed by atoms with E-state index in [2.05, 4.69) is 21.2 Å². The van der Waals surface area contributed by atoms with E-state index < -0.39 is 17.4 Å². The molecule has 0 heterocycles. The molecule has 1 aromatic rings. The van der Waals surface area contributed by atoms with Gasteiger partial charge >= 0.3 is 5.97 Å². The van der Waals surface area contributed by atoms with Crippen molar-refractivity contribution in [3.05, 3.63) is 28.2 Å². The molecule has 0 radical (unpaired) electrons. The van der Waals surface area contributed by atoms with Gasteiger partial charge in [0.2, 0.25) is 0 Å². The number of carboxylic acid groups (broad SMARTS) is 1. The molecule has 0 bridgehead atoms. The van der Waals surface area contributed by atoms with Crippen molar-refractivity contribution in [3.8, 4) is 5.75 Å². The minimum atomic E-state index is -1.01. The smallest absolute Gasteiger partial charge is 0.305 e. The van der Waals surface area contributed by atoms with Crippen LogP contribution in [-0.2, 0) is 9.53 Å². The van der Waals surface area contributed by atoms with Crippen molar-refractivity contribution in [3.63, 3.8) is 0 Å². The molecule has 2 N–H and O–H groups in total. The summed E-state index contributed by atoms with van der Waals surface area (Å²) in [4.78, 5) is 23.3. The summed E-state index contributed by atoms with van der Waals surface area (Å²) in [5.41, 5.74) is -0.637. The number of nitrogens with one attached hydrogen (secondary N) is 1. The topological polar surface area (TPSA) is 84.9 Å². The van der Waals surface area contributed by atoms with Gasteiger partial charge in [0.25, 0.3) is 5.91 Å². The molecule has 1 unspecified atom stereocenters. The van der Waals surface area contributed by atoms with Crippen LogP contribution in [0.5, 0.6) is 5.75 Å². The van der Waals surface area contributed by atoms with Crippen molar-refractivity contribution in [1.29, 1.82) is 0 Å². The second-order valence-corrected chi connectivity index (χ2v) is 5.72. The quantitative estimate of drug-likeness (QED) is 0.778. The third-order valence-corrected chi connectivity index (χ3v) is 3.53. The molecule has 0 fully saturated rings. The highest BCUT2D eigenvalue weighted by atomic mass is 79.9. The maximum Gasteiger partial charge on any atom is 0.305 e. The van der Waals surface area contributed by atoms with E-state index in [1.807, 2.05) is 0 Å². The minimum Gasteiger partial charge on any atom is -0.497 e. The monoisotopic (exact) mass is 359 g/mol. The van der Waals surface area contributed by atoms with Crippen LogP contribution in [0, 0.1) is 0 Å². The predicted octanol–water partition coefficient (Wildman–Crippen LogP) is 2.07. The summed E-state index contributed by atoms with van der Waals surface area (Å²) < 4.78 is 10.7. The standard InChI is InChI=1S/C14H18BrNO5/c1-14(8-20-2,7-12(17)18)16-13(19)10-6-9(21-3)4-5-11(10)15/h4-6H,7-8H2,1-3H3,(H,16,19)(H,17,18). The Morgan fingerprint density at radius 2 is 2.05 bits per heavy atom. The van der Waals surface area contributed by atoms with Gasteiger partial charge in [-0.1, -0.05) is 0 Å². The van der Waals surface area contributed by atoms with Crippen LogP contribution >= 0.6 is 15.9 Å². The predicted molar refractivity (Wildman–Crippen MR) is 80.7 cm³/mol. The van der Waals surface area contributed by atoms with Gasteiger partial charge in [-0.2, -0.15) is 0 Å². The highest BCUT2D eigenvalue weighted by Crippen LogP contribution is 2.23. The zero-order valence-electron chi connectivity index (χ0n) is 12.1. The van der Waals surface area contributed by atoms with E-state index in [-0.39, 0.29) is 13.0 Å².